The molecule has 0 bridgehead atoms. The van der Waals surface area contributed by atoms with E-state index in [1.165, 1.54) is 45.8 Å². The predicted molar refractivity (Wildman–Crippen MR) is 63.9 cm³/mol. The lowest BCUT2D eigenvalue weighted by atomic mass is 10.1. The summed E-state index contributed by atoms with van der Waals surface area (Å²) in [6, 6.07) is 0.709. The lowest BCUT2D eigenvalue weighted by molar-refractivity contribution is 0.194. The number of nitrogens with zero attached hydrogens (tertiary/aromatic N) is 3. The van der Waals surface area contributed by atoms with Crippen LogP contribution in [0.25, 0.3) is 0 Å². The third-order valence-electron chi connectivity index (χ3n) is 3.82. The highest BCUT2D eigenvalue weighted by atomic mass is 15.4. The van der Waals surface area contributed by atoms with Crippen molar-refractivity contribution in [3.63, 3.8) is 0 Å². The van der Waals surface area contributed by atoms with E-state index in [1.807, 2.05) is 0 Å². The molecule has 0 aromatic rings. The Morgan fingerprint density at radius 2 is 2.00 bits per heavy atom. The first-order chi connectivity index (χ1) is 7.15. The average Bonchev–Trinajstić information content (AvgIpc) is 2.76. The number of rotatable bonds is 3. The molecule has 1 unspecified atom stereocenters. The van der Waals surface area contributed by atoms with E-state index in [2.05, 4.69) is 35.6 Å². The Morgan fingerprint density at radius 1 is 1.20 bits per heavy atom. The van der Waals surface area contributed by atoms with Crippen LogP contribution in [-0.2, 0) is 0 Å². The van der Waals surface area contributed by atoms with Gasteiger partial charge < -0.3 is 4.90 Å². The van der Waals surface area contributed by atoms with E-state index in [1.54, 1.807) is 0 Å². The molecule has 2 aliphatic heterocycles. The quantitative estimate of drug-likeness (QED) is 0.687. The number of hydrogen-bond donors (Lipinski definition) is 0. The highest BCUT2D eigenvalue weighted by Crippen LogP contribution is 2.18. The van der Waals surface area contributed by atoms with Gasteiger partial charge in [-0.2, -0.15) is 0 Å². The van der Waals surface area contributed by atoms with Crippen LogP contribution in [0.4, 0.5) is 0 Å². The molecule has 2 saturated heterocycles. The van der Waals surface area contributed by atoms with E-state index in [0.29, 0.717) is 6.04 Å². The summed E-state index contributed by atoms with van der Waals surface area (Å²) in [4.78, 5) is 7.66. The van der Waals surface area contributed by atoms with Gasteiger partial charge in [-0.3, -0.25) is 9.80 Å². The lowest BCUT2D eigenvalue weighted by Gasteiger charge is -2.23. The molecule has 0 aromatic carbocycles. The largest absolute Gasteiger partial charge is 0.306 e. The molecule has 88 valence electrons. The van der Waals surface area contributed by atoms with Crippen LogP contribution < -0.4 is 0 Å². The summed E-state index contributed by atoms with van der Waals surface area (Å²) in [5, 5.41) is 0. The van der Waals surface area contributed by atoms with Crippen molar-refractivity contribution in [1.29, 1.82) is 0 Å². The zero-order valence-corrected chi connectivity index (χ0v) is 10.4. The Hall–Kier alpha value is -0.120. The van der Waals surface area contributed by atoms with Gasteiger partial charge in [-0.25, -0.2) is 0 Å². The molecule has 0 N–H and O–H groups in total. The molecule has 0 aliphatic carbocycles. The van der Waals surface area contributed by atoms with Crippen molar-refractivity contribution in [3.8, 4) is 0 Å². The molecule has 15 heavy (non-hydrogen) atoms. The van der Waals surface area contributed by atoms with E-state index < -0.39 is 0 Å². The van der Waals surface area contributed by atoms with Crippen molar-refractivity contribution in [2.75, 3.05) is 46.4 Å². The zero-order chi connectivity index (χ0) is 10.8. The second kappa shape index (κ2) is 4.81. The highest BCUT2D eigenvalue weighted by molar-refractivity contribution is 4.80. The van der Waals surface area contributed by atoms with Gasteiger partial charge in [-0.05, 0) is 39.8 Å². The SMILES string of the molecule is CC(C)N1CCN(CC2CCN(C)C2)C1. The topological polar surface area (TPSA) is 9.72 Å². The van der Waals surface area contributed by atoms with Crippen LogP contribution in [0, 0.1) is 5.92 Å². The van der Waals surface area contributed by atoms with Crippen LogP contribution >= 0.6 is 0 Å². The molecule has 0 spiro atoms. The fraction of sp³-hybridized carbons (Fsp3) is 1.00. The Labute approximate surface area is 94.0 Å². The minimum atomic E-state index is 0.709. The highest BCUT2D eigenvalue weighted by Gasteiger charge is 2.26. The molecule has 2 fully saturated rings. The minimum Gasteiger partial charge on any atom is -0.306 e. The second-order valence-electron chi connectivity index (χ2n) is 5.54. The fourth-order valence-electron chi connectivity index (χ4n) is 2.78. The summed E-state index contributed by atoms with van der Waals surface area (Å²) in [7, 11) is 2.24. The normalized spacial score (nSPS) is 30.8. The van der Waals surface area contributed by atoms with Crippen LogP contribution in [0.2, 0.25) is 0 Å². The molecule has 2 rings (SSSR count). The third-order valence-corrected chi connectivity index (χ3v) is 3.82. The van der Waals surface area contributed by atoms with E-state index in [9.17, 15) is 0 Å². The summed E-state index contributed by atoms with van der Waals surface area (Å²) >= 11 is 0. The molecular formula is C12H25N3. The van der Waals surface area contributed by atoms with Crippen LogP contribution in [-0.4, -0.2) is 67.2 Å². The molecule has 0 radical (unpaired) electrons. The van der Waals surface area contributed by atoms with E-state index >= 15 is 0 Å². The molecule has 2 heterocycles. The van der Waals surface area contributed by atoms with Gasteiger partial charge in [0, 0.05) is 32.2 Å². The third kappa shape index (κ3) is 2.92. The summed E-state index contributed by atoms with van der Waals surface area (Å²) in [6.45, 7) is 12.2. The minimum absolute atomic E-state index is 0.709. The maximum atomic E-state index is 2.63. The maximum absolute atomic E-state index is 2.63. The Balaban J connectivity index is 1.73. The van der Waals surface area contributed by atoms with Crippen molar-refractivity contribution >= 4 is 0 Å². The van der Waals surface area contributed by atoms with Crippen molar-refractivity contribution in [2.45, 2.75) is 26.3 Å². The van der Waals surface area contributed by atoms with Gasteiger partial charge in [0.1, 0.15) is 0 Å². The average molecular weight is 211 g/mol. The Morgan fingerprint density at radius 3 is 2.53 bits per heavy atom. The molecule has 0 saturated carbocycles. The number of hydrogen-bond acceptors (Lipinski definition) is 3. The fourth-order valence-corrected chi connectivity index (χ4v) is 2.78. The van der Waals surface area contributed by atoms with E-state index in [4.69, 9.17) is 0 Å². The predicted octanol–water partition coefficient (Wildman–Crippen LogP) is 0.922. The van der Waals surface area contributed by atoms with Gasteiger partial charge in [0.25, 0.3) is 0 Å². The molecule has 0 amide bonds. The van der Waals surface area contributed by atoms with Crippen LogP contribution in [0.1, 0.15) is 20.3 Å². The van der Waals surface area contributed by atoms with Crippen LogP contribution in [0.5, 0.6) is 0 Å². The summed E-state index contributed by atoms with van der Waals surface area (Å²) in [6.07, 6.45) is 1.40. The van der Waals surface area contributed by atoms with Crippen LogP contribution in [0.3, 0.4) is 0 Å². The molecule has 1 atom stereocenters. The van der Waals surface area contributed by atoms with Crippen molar-refractivity contribution < 1.29 is 0 Å². The van der Waals surface area contributed by atoms with Crippen molar-refractivity contribution in [3.05, 3.63) is 0 Å². The summed E-state index contributed by atoms with van der Waals surface area (Å²) in [5.41, 5.74) is 0. The second-order valence-corrected chi connectivity index (χ2v) is 5.54. The molecule has 0 aromatic heterocycles. The molecule has 3 nitrogen and oxygen atoms in total. The standard InChI is InChI=1S/C12H25N3/c1-11(2)15-7-6-14(10-15)9-12-4-5-13(3)8-12/h11-12H,4-10H2,1-3H3. The smallest absolute Gasteiger partial charge is 0.0509 e. The van der Waals surface area contributed by atoms with Gasteiger partial charge in [-0.15, -0.1) is 0 Å². The molecule has 3 heteroatoms. The van der Waals surface area contributed by atoms with Gasteiger partial charge in [0.15, 0.2) is 0 Å². The monoisotopic (exact) mass is 211 g/mol. The zero-order valence-electron chi connectivity index (χ0n) is 10.4. The first-order valence-corrected chi connectivity index (χ1v) is 6.30. The van der Waals surface area contributed by atoms with Gasteiger partial charge in [-0.1, -0.05) is 0 Å². The van der Waals surface area contributed by atoms with Gasteiger partial charge in [0.2, 0.25) is 0 Å². The first-order valence-electron chi connectivity index (χ1n) is 6.30. The van der Waals surface area contributed by atoms with E-state index in [-0.39, 0.29) is 0 Å². The van der Waals surface area contributed by atoms with E-state index in [0.717, 1.165) is 5.92 Å². The molecule has 2 aliphatic rings. The van der Waals surface area contributed by atoms with Crippen molar-refractivity contribution in [1.82, 2.24) is 14.7 Å². The molecular weight excluding hydrogens is 186 g/mol. The number of likely N-dealkylation sites (tertiary alicyclic amines) is 1. The van der Waals surface area contributed by atoms with Crippen LogP contribution in [0.15, 0.2) is 0 Å². The summed E-state index contributed by atoms with van der Waals surface area (Å²) in [5.74, 6) is 0.919. The van der Waals surface area contributed by atoms with Crippen molar-refractivity contribution in [2.24, 2.45) is 5.92 Å². The first kappa shape index (κ1) is 11.4. The summed E-state index contributed by atoms with van der Waals surface area (Å²) < 4.78 is 0. The Bertz CT molecular complexity index is 205. The van der Waals surface area contributed by atoms with Gasteiger partial charge in [0.05, 0.1) is 6.67 Å². The Kier molecular flexibility index (Phi) is 3.65. The lowest BCUT2D eigenvalue weighted by Crippen LogP contribution is -2.33. The van der Waals surface area contributed by atoms with Gasteiger partial charge >= 0.3 is 0 Å². The maximum Gasteiger partial charge on any atom is 0.0509 e.